The first kappa shape index (κ1) is 16.9. The maximum Gasteiger partial charge on any atom is 0.258 e. The van der Waals surface area contributed by atoms with Crippen molar-refractivity contribution in [3.05, 3.63) is 59.7 Å². The Balaban J connectivity index is 2.36. The van der Waals surface area contributed by atoms with Gasteiger partial charge in [0, 0.05) is 18.9 Å². The lowest BCUT2D eigenvalue weighted by atomic mass is 10.1. The summed E-state index contributed by atoms with van der Waals surface area (Å²) in [4.78, 5) is 18.7. The number of para-hydroxylation sites is 1. The van der Waals surface area contributed by atoms with E-state index >= 15 is 0 Å². The van der Waals surface area contributed by atoms with E-state index in [0.29, 0.717) is 13.2 Å². The monoisotopic (exact) mass is 316 g/mol. The van der Waals surface area contributed by atoms with Gasteiger partial charge < -0.3 is 9.64 Å². The number of ether oxygens (including phenoxy) is 1. The zero-order valence-electron chi connectivity index (χ0n) is 13.6. The molecular formula is C18H21FN2O2. The summed E-state index contributed by atoms with van der Waals surface area (Å²) in [5.41, 5.74) is 1.17. The molecule has 0 radical (unpaired) electrons. The van der Waals surface area contributed by atoms with Crippen LogP contribution in [0.15, 0.2) is 42.7 Å². The van der Waals surface area contributed by atoms with Crippen LogP contribution in [0.2, 0.25) is 0 Å². The maximum absolute atomic E-state index is 14.0. The number of amides is 1. The van der Waals surface area contributed by atoms with Crippen LogP contribution < -0.4 is 4.74 Å². The summed E-state index contributed by atoms with van der Waals surface area (Å²) in [6, 6.07) is 7.99. The van der Waals surface area contributed by atoms with E-state index in [1.54, 1.807) is 30.3 Å². The summed E-state index contributed by atoms with van der Waals surface area (Å²) in [5.74, 6) is -0.772. The molecule has 0 N–H and O–H groups in total. The van der Waals surface area contributed by atoms with Crippen LogP contribution in [0.5, 0.6) is 5.75 Å². The van der Waals surface area contributed by atoms with Crippen LogP contribution in [-0.4, -0.2) is 28.9 Å². The number of hydrogen-bond donors (Lipinski definition) is 0. The third kappa shape index (κ3) is 3.67. The molecule has 0 saturated carbocycles. The molecule has 0 aliphatic rings. The molecule has 1 atom stereocenters. The highest BCUT2D eigenvalue weighted by atomic mass is 19.1. The van der Waals surface area contributed by atoms with Gasteiger partial charge in [-0.25, -0.2) is 4.39 Å². The van der Waals surface area contributed by atoms with E-state index in [2.05, 4.69) is 4.98 Å². The lowest BCUT2D eigenvalue weighted by Crippen LogP contribution is -2.34. The second-order valence-corrected chi connectivity index (χ2v) is 5.10. The fourth-order valence-electron chi connectivity index (χ4n) is 2.52. The summed E-state index contributed by atoms with van der Waals surface area (Å²) in [6.07, 6.45) is 3.42. The molecule has 1 aromatic heterocycles. The number of rotatable bonds is 6. The van der Waals surface area contributed by atoms with Crippen LogP contribution in [0, 0.1) is 5.82 Å². The number of aromatic nitrogens is 1. The predicted molar refractivity (Wildman–Crippen MR) is 86.9 cm³/mol. The van der Waals surface area contributed by atoms with Gasteiger partial charge in [-0.05, 0) is 44.5 Å². The highest BCUT2D eigenvalue weighted by Crippen LogP contribution is 2.28. The largest absolute Gasteiger partial charge is 0.490 e. The number of hydrogen-bond acceptors (Lipinski definition) is 3. The molecule has 0 spiro atoms. The summed E-state index contributed by atoms with van der Waals surface area (Å²) < 4.78 is 19.3. The van der Waals surface area contributed by atoms with Crippen molar-refractivity contribution in [3.63, 3.8) is 0 Å². The van der Waals surface area contributed by atoms with E-state index in [0.717, 1.165) is 5.56 Å². The Kier molecular flexibility index (Phi) is 5.68. The molecule has 0 unspecified atom stereocenters. The third-order valence-corrected chi connectivity index (χ3v) is 3.72. The van der Waals surface area contributed by atoms with Crippen molar-refractivity contribution in [1.82, 2.24) is 9.88 Å². The molecule has 0 aliphatic carbocycles. The van der Waals surface area contributed by atoms with Crippen molar-refractivity contribution in [2.75, 3.05) is 13.2 Å². The Hall–Kier alpha value is -2.43. The molecule has 5 heteroatoms. The first-order valence-electron chi connectivity index (χ1n) is 7.72. The summed E-state index contributed by atoms with van der Waals surface area (Å²) >= 11 is 0. The number of carbonyl (C=O) groups is 1. The van der Waals surface area contributed by atoms with Gasteiger partial charge in [0.1, 0.15) is 0 Å². The molecule has 1 aromatic carbocycles. The Labute approximate surface area is 135 Å². The lowest BCUT2D eigenvalue weighted by Gasteiger charge is -2.29. The zero-order chi connectivity index (χ0) is 16.8. The number of pyridine rings is 1. The zero-order valence-corrected chi connectivity index (χ0v) is 13.6. The van der Waals surface area contributed by atoms with Crippen LogP contribution in [-0.2, 0) is 0 Å². The van der Waals surface area contributed by atoms with Crippen molar-refractivity contribution < 1.29 is 13.9 Å². The highest BCUT2D eigenvalue weighted by Gasteiger charge is 2.25. The van der Waals surface area contributed by atoms with Crippen molar-refractivity contribution in [3.8, 4) is 5.75 Å². The second-order valence-electron chi connectivity index (χ2n) is 5.10. The summed E-state index contributed by atoms with van der Waals surface area (Å²) in [6.45, 7) is 6.38. The Morgan fingerprint density at radius 3 is 2.70 bits per heavy atom. The van der Waals surface area contributed by atoms with Crippen LogP contribution >= 0.6 is 0 Å². The van der Waals surface area contributed by atoms with Crippen LogP contribution in [0.1, 0.15) is 42.7 Å². The van der Waals surface area contributed by atoms with Crippen molar-refractivity contribution in [2.24, 2.45) is 0 Å². The molecule has 2 aromatic rings. The first-order valence-corrected chi connectivity index (χ1v) is 7.72. The van der Waals surface area contributed by atoms with E-state index in [4.69, 9.17) is 4.74 Å². The van der Waals surface area contributed by atoms with Crippen molar-refractivity contribution >= 4 is 5.91 Å². The van der Waals surface area contributed by atoms with Crippen molar-refractivity contribution in [2.45, 2.75) is 26.8 Å². The quantitative estimate of drug-likeness (QED) is 0.813. The number of halogens is 1. The topological polar surface area (TPSA) is 42.4 Å². The van der Waals surface area contributed by atoms with Gasteiger partial charge in [-0.3, -0.25) is 9.78 Å². The molecule has 1 heterocycles. The number of nitrogens with zero attached hydrogens (tertiary/aromatic N) is 2. The first-order chi connectivity index (χ1) is 11.1. The molecule has 122 valence electrons. The van der Waals surface area contributed by atoms with Crippen LogP contribution in [0.3, 0.4) is 0 Å². The average Bonchev–Trinajstić information content (AvgIpc) is 2.58. The van der Waals surface area contributed by atoms with Crippen LogP contribution in [0.4, 0.5) is 4.39 Å². The highest BCUT2D eigenvalue weighted by molar-refractivity contribution is 5.97. The van der Waals surface area contributed by atoms with Gasteiger partial charge in [-0.2, -0.15) is 0 Å². The predicted octanol–water partition coefficient (Wildman–Crippen LogP) is 3.84. The van der Waals surface area contributed by atoms with E-state index in [-0.39, 0.29) is 23.3 Å². The minimum Gasteiger partial charge on any atom is -0.490 e. The lowest BCUT2D eigenvalue weighted by molar-refractivity contribution is 0.0697. The molecule has 0 fully saturated rings. The van der Waals surface area contributed by atoms with Gasteiger partial charge in [0.25, 0.3) is 5.91 Å². The smallest absolute Gasteiger partial charge is 0.258 e. The number of benzene rings is 1. The molecule has 2 rings (SSSR count). The molecule has 0 aliphatic heterocycles. The molecular weight excluding hydrogens is 295 g/mol. The minimum atomic E-state index is -0.525. The number of carbonyl (C=O) groups excluding carboxylic acids is 1. The fraction of sp³-hybridized carbons (Fsp3) is 0.333. The second kappa shape index (κ2) is 7.72. The summed E-state index contributed by atoms with van der Waals surface area (Å²) in [7, 11) is 0. The van der Waals surface area contributed by atoms with Gasteiger partial charge in [0.2, 0.25) is 0 Å². The standard InChI is InChI=1S/C18H21FN2O2/c1-4-21(13(3)14-8-7-11-20-12-14)18(22)15-9-6-10-16(19)17(15)23-5-2/h6-13H,4-5H2,1-3H3/t13-/m0/s1. The van der Waals surface area contributed by atoms with Gasteiger partial charge in [-0.15, -0.1) is 0 Å². The average molecular weight is 316 g/mol. The Morgan fingerprint density at radius 2 is 2.09 bits per heavy atom. The molecule has 4 nitrogen and oxygen atoms in total. The van der Waals surface area contributed by atoms with Gasteiger partial charge in [0.15, 0.2) is 11.6 Å². The van der Waals surface area contributed by atoms with E-state index < -0.39 is 5.82 Å². The molecule has 1 amide bonds. The van der Waals surface area contributed by atoms with Gasteiger partial charge >= 0.3 is 0 Å². The van der Waals surface area contributed by atoms with E-state index in [1.165, 1.54) is 12.1 Å². The fourth-order valence-corrected chi connectivity index (χ4v) is 2.52. The maximum atomic E-state index is 14.0. The molecule has 0 bridgehead atoms. The normalized spacial score (nSPS) is 11.8. The van der Waals surface area contributed by atoms with Crippen LogP contribution in [0.25, 0.3) is 0 Å². The van der Waals surface area contributed by atoms with E-state index in [1.807, 2.05) is 26.0 Å². The Morgan fingerprint density at radius 1 is 1.30 bits per heavy atom. The summed E-state index contributed by atoms with van der Waals surface area (Å²) in [5, 5.41) is 0. The van der Waals surface area contributed by atoms with Gasteiger partial charge in [0.05, 0.1) is 18.2 Å². The van der Waals surface area contributed by atoms with Gasteiger partial charge in [-0.1, -0.05) is 12.1 Å². The molecule has 23 heavy (non-hydrogen) atoms. The molecule has 0 saturated heterocycles. The minimum absolute atomic E-state index is 0.0110. The Bertz CT molecular complexity index is 661. The third-order valence-electron chi connectivity index (χ3n) is 3.72. The van der Waals surface area contributed by atoms with Crippen molar-refractivity contribution in [1.29, 1.82) is 0 Å². The van der Waals surface area contributed by atoms with E-state index in [9.17, 15) is 9.18 Å². The SMILES string of the molecule is CCOc1c(F)cccc1C(=O)N(CC)[C@@H](C)c1cccnc1.